The number of rotatable bonds is 5. The predicted molar refractivity (Wildman–Crippen MR) is 71.4 cm³/mol. The van der Waals surface area contributed by atoms with Crippen LogP contribution >= 0.6 is 15.9 Å². The molecule has 2 N–H and O–H groups in total. The van der Waals surface area contributed by atoms with Gasteiger partial charge in [0.25, 0.3) is 0 Å². The predicted octanol–water partition coefficient (Wildman–Crippen LogP) is 3.65. The maximum absolute atomic E-state index is 6.10. The number of nitrogens with two attached hydrogens (primary N) is 1. The Hall–Kier alpha value is -0.380. The number of hydrogen-bond acceptors (Lipinski definition) is 2. The first-order valence-electron chi connectivity index (χ1n) is 5.71. The van der Waals surface area contributed by atoms with Crippen LogP contribution in [0.3, 0.4) is 0 Å². The van der Waals surface area contributed by atoms with E-state index in [4.69, 9.17) is 10.5 Å². The van der Waals surface area contributed by atoms with E-state index in [1.54, 1.807) is 0 Å². The fourth-order valence-electron chi connectivity index (χ4n) is 1.59. The molecule has 3 heteroatoms. The molecule has 0 heterocycles. The van der Waals surface area contributed by atoms with Crippen molar-refractivity contribution >= 4 is 15.9 Å². The van der Waals surface area contributed by atoms with Crippen LogP contribution in [-0.2, 0) is 4.74 Å². The van der Waals surface area contributed by atoms with E-state index in [0.717, 1.165) is 16.5 Å². The second kappa shape index (κ2) is 6.38. The normalized spacial score (nSPS) is 15.1. The topological polar surface area (TPSA) is 35.2 Å². The Morgan fingerprint density at radius 1 is 1.25 bits per heavy atom. The average Bonchev–Trinajstić information content (AvgIpc) is 2.26. The van der Waals surface area contributed by atoms with E-state index in [-0.39, 0.29) is 18.2 Å². The van der Waals surface area contributed by atoms with E-state index in [1.165, 1.54) is 0 Å². The highest BCUT2D eigenvalue weighted by Gasteiger charge is 2.20. The number of halogens is 1. The van der Waals surface area contributed by atoms with Crippen LogP contribution in [0.5, 0.6) is 0 Å². The lowest BCUT2D eigenvalue weighted by atomic mass is 10.0. The van der Waals surface area contributed by atoms with Crippen LogP contribution in [0.15, 0.2) is 28.7 Å². The lowest BCUT2D eigenvalue weighted by Gasteiger charge is -2.26. The Morgan fingerprint density at radius 2 is 1.81 bits per heavy atom. The summed E-state index contributed by atoms with van der Waals surface area (Å²) in [6, 6.07) is 8.21. The molecule has 2 atom stereocenters. The van der Waals surface area contributed by atoms with Gasteiger partial charge in [-0.2, -0.15) is 0 Å². The van der Waals surface area contributed by atoms with Crippen molar-refractivity contribution in [3.8, 4) is 0 Å². The summed E-state index contributed by atoms with van der Waals surface area (Å²) in [4.78, 5) is 0. The van der Waals surface area contributed by atoms with Crippen LogP contribution in [0.2, 0.25) is 0 Å². The van der Waals surface area contributed by atoms with Gasteiger partial charge in [-0.3, -0.25) is 0 Å². The van der Waals surface area contributed by atoms with Gasteiger partial charge < -0.3 is 10.5 Å². The molecule has 16 heavy (non-hydrogen) atoms. The molecule has 0 aliphatic rings. The Kier molecular flexibility index (Phi) is 5.46. The molecule has 2 nitrogen and oxygen atoms in total. The fraction of sp³-hybridized carbons (Fsp3) is 0.538. The Bertz CT molecular complexity index is 310. The Balaban J connectivity index is 2.87. The molecule has 0 fully saturated rings. The highest BCUT2D eigenvalue weighted by atomic mass is 79.9. The van der Waals surface area contributed by atoms with Crippen molar-refractivity contribution < 1.29 is 4.74 Å². The largest absolute Gasteiger partial charge is 0.369 e. The molecule has 1 rings (SSSR count). The van der Waals surface area contributed by atoms with Gasteiger partial charge >= 0.3 is 0 Å². The third-order valence-corrected chi connectivity index (χ3v) is 3.01. The maximum Gasteiger partial charge on any atom is 0.0979 e. The van der Waals surface area contributed by atoms with E-state index in [1.807, 2.05) is 26.0 Å². The highest BCUT2D eigenvalue weighted by Crippen LogP contribution is 2.25. The summed E-state index contributed by atoms with van der Waals surface area (Å²) in [6.45, 7) is 6.16. The monoisotopic (exact) mass is 285 g/mol. The number of ether oxygens (including phenoxy) is 1. The van der Waals surface area contributed by atoms with Crippen molar-refractivity contribution in [2.24, 2.45) is 5.73 Å². The Labute approximate surface area is 106 Å². The molecule has 0 aliphatic carbocycles. The molecule has 0 bridgehead atoms. The van der Waals surface area contributed by atoms with Crippen molar-refractivity contribution in [1.82, 2.24) is 0 Å². The minimum absolute atomic E-state index is 0.0156. The van der Waals surface area contributed by atoms with Crippen LogP contribution < -0.4 is 5.73 Å². The van der Waals surface area contributed by atoms with Crippen LogP contribution in [0.1, 0.15) is 38.9 Å². The van der Waals surface area contributed by atoms with Gasteiger partial charge in [-0.15, -0.1) is 0 Å². The van der Waals surface area contributed by atoms with Crippen LogP contribution in [-0.4, -0.2) is 12.1 Å². The fourth-order valence-corrected chi connectivity index (χ4v) is 1.85. The smallest absolute Gasteiger partial charge is 0.0979 e. The summed E-state index contributed by atoms with van der Waals surface area (Å²) in [5.41, 5.74) is 7.24. The minimum Gasteiger partial charge on any atom is -0.369 e. The number of benzene rings is 1. The van der Waals surface area contributed by atoms with Crippen LogP contribution in [0.25, 0.3) is 0 Å². The van der Waals surface area contributed by atoms with Gasteiger partial charge in [0.1, 0.15) is 0 Å². The van der Waals surface area contributed by atoms with Gasteiger partial charge in [0.15, 0.2) is 0 Å². The van der Waals surface area contributed by atoms with Crippen molar-refractivity contribution in [3.05, 3.63) is 34.3 Å². The molecule has 0 amide bonds. The molecular weight excluding hydrogens is 266 g/mol. The summed E-state index contributed by atoms with van der Waals surface area (Å²) >= 11 is 3.43. The zero-order chi connectivity index (χ0) is 12.1. The van der Waals surface area contributed by atoms with Crippen molar-refractivity contribution in [2.75, 3.05) is 0 Å². The summed E-state index contributed by atoms with van der Waals surface area (Å²) in [7, 11) is 0. The zero-order valence-corrected chi connectivity index (χ0v) is 11.7. The van der Waals surface area contributed by atoms with Crippen molar-refractivity contribution in [3.63, 3.8) is 0 Å². The lowest BCUT2D eigenvalue weighted by Crippen LogP contribution is -2.31. The van der Waals surface area contributed by atoms with Crippen molar-refractivity contribution in [1.29, 1.82) is 0 Å². The standard InChI is InChI=1S/C13H20BrNO/c1-4-12(15)13(16-9(2)3)10-5-7-11(14)8-6-10/h5-9,12-13H,4,15H2,1-3H3. The van der Waals surface area contributed by atoms with Crippen LogP contribution in [0, 0.1) is 0 Å². The molecule has 1 aromatic rings. The molecule has 0 spiro atoms. The molecule has 2 unspecified atom stereocenters. The quantitative estimate of drug-likeness (QED) is 0.896. The molecule has 0 aliphatic heterocycles. The zero-order valence-electron chi connectivity index (χ0n) is 10.1. The van der Waals surface area contributed by atoms with E-state index < -0.39 is 0 Å². The van der Waals surface area contributed by atoms with Gasteiger partial charge in [-0.1, -0.05) is 35.0 Å². The molecule has 0 radical (unpaired) electrons. The minimum atomic E-state index is -0.0156. The van der Waals surface area contributed by atoms with Gasteiger partial charge in [0.2, 0.25) is 0 Å². The first-order chi connectivity index (χ1) is 7.54. The molecule has 0 saturated heterocycles. The molecule has 0 saturated carbocycles. The molecular formula is C13H20BrNO. The summed E-state index contributed by atoms with van der Waals surface area (Å²) in [5.74, 6) is 0. The van der Waals surface area contributed by atoms with Gasteiger partial charge in [-0.05, 0) is 38.0 Å². The van der Waals surface area contributed by atoms with Gasteiger partial charge in [0, 0.05) is 10.5 Å². The van der Waals surface area contributed by atoms with E-state index in [0.29, 0.717) is 0 Å². The maximum atomic E-state index is 6.10. The first kappa shape index (κ1) is 13.7. The van der Waals surface area contributed by atoms with Crippen molar-refractivity contribution in [2.45, 2.75) is 45.4 Å². The van der Waals surface area contributed by atoms with Gasteiger partial charge in [-0.25, -0.2) is 0 Å². The Morgan fingerprint density at radius 3 is 2.25 bits per heavy atom. The summed E-state index contributed by atoms with van der Waals surface area (Å²) in [5, 5.41) is 0. The lowest BCUT2D eigenvalue weighted by molar-refractivity contribution is -0.00898. The highest BCUT2D eigenvalue weighted by molar-refractivity contribution is 9.10. The third kappa shape index (κ3) is 3.89. The number of hydrogen-bond donors (Lipinski definition) is 1. The molecule has 1 aromatic carbocycles. The van der Waals surface area contributed by atoms with E-state index >= 15 is 0 Å². The van der Waals surface area contributed by atoms with E-state index in [2.05, 4.69) is 35.0 Å². The molecule has 90 valence electrons. The third-order valence-electron chi connectivity index (χ3n) is 2.48. The first-order valence-corrected chi connectivity index (χ1v) is 6.50. The second-order valence-electron chi connectivity index (χ2n) is 4.23. The van der Waals surface area contributed by atoms with E-state index in [9.17, 15) is 0 Å². The summed E-state index contributed by atoms with van der Waals surface area (Å²) < 4.78 is 6.96. The second-order valence-corrected chi connectivity index (χ2v) is 5.14. The van der Waals surface area contributed by atoms with Crippen LogP contribution in [0.4, 0.5) is 0 Å². The van der Waals surface area contributed by atoms with Gasteiger partial charge in [0.05, 0.1) is 12.2 Å². The molecule has 0 aromatic heterocycles. The SMILES string of the molecule is CCC(N)C(OC(C)C)c1ccc(Br)cc1. The average molecular weight is 286 g/mol. The summed E-state index contributed by atoms with van der Waals surface area (Å²) in [6.07, 6.45) is 1.08.